The monoisotopic (exact) mass is 467 g/mol. The van der Waals surface area contributed by atoms with E-state index in [0.717, 1.165) is 5.56 Å². The molecule has 4 heterocycles. The largest absolute Gasteiger partial charge is 0.352 e. The van der Waals surface area contributed by atoms with E-state index in [1.807, 2.05) is 47.2 Å². The topological polar surface area (TPSA) is 110 Å². The number of pyridine rings is 2. The number of carbonyl (C=O) groups excluding carboxylic acids is 1. The molecule has 9 nitrogen and oxygen atoms in total. The van der Waals surface area contributed by atoms with Gasteiger partial charge in [0.2, 0.25) is 0 Å². The van der Waals surface area contributed by atoms with E-state index in [2.05, 4.69) is 15.3 Å². The number of aryl methyl sites for hydroxylation is 2. The SMILES string of the molecule is N=c1c(C(=O)NCCc2ccccc2)cc2c(=O)n3ccccc3nc2n1CCCn1ccnc1. The van der Waals surface area contributed by atoms with Crippen LogP contribution >= 0.6 is 0 Å². The lowest BCUT2D eigenvalue weighted by atomic mass is 10.1. The number of nitrogens with one attached hydrogen (secondary N) is 2. The molecule has 2 N–H and O–H groups in total. The highest BCUT2D eigenvalue weighted by Crippen LogP contribution is 2.11. The average Bonchev–Trinajstić information content (AvgIpc) is 3.40. The van der Waals surface area contributed by atoms with Gasteiger partial charge in [-0.25, -0.2) is 9.97 Å². The van der Waals surface area contributed by atoms with E-state index in [9.17, 15) is 9.59 Å². The van der Waals surface area contributed by atoms with E-state index < -0.39 is 0 Å². The van der Waals surface area contributed by atoms with Gasteiger partial charge in [-0.05, 0) is 36.6 Å². The van der Waals surface area contributed by atoms with E-state index in [4.69, 9.17) is 5.41 Å². The molecule has 0 fully saturated rings. The molecule has 9 heteroatoms. The Hall–Kier alpha value is -4.53. The molecular formula is C26H25N7O2. The van der Waals surface area contributed by atoms with E-state index >= 15 is 0 Å². The fourth-order valence-electron chi connectivity index (χ4n) is 4.17. The minimum Gasteiger partial charge on any atom is -0.352 e. The number of benzene rings is 1. The van der Waals surface area contributed by atoms with Gasteiger partial charge >= 0.3 is 0 Å². The van der Waals surface area contributed by atoms with Crippen LogP contribution in [0.1, 0.15) is 22.3 Å². The number of hydrogen-bond donors (Lipinski definition) is 2. The van der Waals surface area contributed by atoms with Gasteiger partial charge in [-0.3, -0.25) is 19.4 Å². The second-order valence-corrected chi connectivity index (χ2v) is 8.29. The molecule has 0 bridgehead atoms. The molecule has 0 aliphatic rings. The summed E-state index contributed by atoms with van der Waals surface area (Å²) in [5, 5.41) is 12.0. The maximum atomic E-state index is 13.3. The lowest BCUT2D eigenvalue weighted by Crippen LogP contribution is -2.35. The molecule has 0 saturated carbocycles. The summed E-state index contributed by atoms with van der Waals surface area (Å²) in [5.41, 5.74) is 1.93. The molecule has 1 aromatic carbocycles. The summed E-state index contributed by atoms with van der Waals surface area (Å²) in [5.74, 6) is -0.381. The normalized spacial score (nSPS) is 11.2. The molecule has 0 radical (unpaired) electrons. The number of hydrogen-bond acceptors (Lipinski definition) is 5. The van der Waals surface area contributed by atoms with Crippen molar-refractivity contribution >= 4 is 22.6 Å². The van der Waals surface area contributed by atoms with Crippen LogP contribution in [0.5, 0.6) is 0 Å². The van der Waals surface area contributed by atoms with Crippen LogP contribution in [0.25, 0.3) is 16.7 Å². The molecule has 0 unspecified atom stereocenters. The average molecular weight is 468 g/mol. The van der Waals surface area contributed by atoms with Crippen molar-refractivity contribution in [2.45, 2.75) is 25.9 Å². The Morgan fingerprint density at radius 1 is 1.03 bits per heavy atom. The summed E-state index contributed by atoms with van der Waals surface area (Å²) in [7, 11) is 0. The van der Waals surface area contributed by atoms with Crippen molar-refractivity contribution in [2.24, 2.45) is 0 Å². The van der Waals surface area contributed by atoms with Gasteiger partial charge < -0.3 is 14.5 Å². The first-order valence-electron chi connectivity index (χ1n) is 11.5. The summed E-state index contributed by atoms with van der Waals surface area (Å²) >= 11 is 0. The zero-order valence-corrected chi connectivity index (χ0v) is 19.1. The maximum Gasteiger partial charge on any atom is 0.267 e. The first kappa shape index (κ1) is 22.3. The third kappa shape index (κ3) is 4.61. The van der Waals surface area contributed by atoms with Gasteiger partial charge in [-0.1, -0.05) is 36.4 Å². The lowest BCUT2D eigenvalue weighted by molar-refractivity contribution is 0.0951. The van der Waals surface area contributed by atoms with Crippen LogP contribution in [-0.2, 0) is 19.5 Å². The fourth-order valence-corrected chi connectivity index (χ4v) is 4.17. The molecule has 5 aromatic rings. The Balaban J connectivity index is 1.51. The van der Waals surface area contributed by atoms with Crippen molar-refractivity contribution in [3.05, 3.63) is 106 Å². The molecule has 176 valence electrons. The van der Waals surface area contributed by atoms with Crippen LogP contribution in [0, 0.1) is 5.41 Å². The standard InChI is InChI=1S/C26H25N7O2/c27-23-20(25(34)29-11-10-19-7-2-1-3-8-19)17-21-24(30-22-9-4-5-14-32(22)26(21)35)33(23)15-6-13-31-16-12-28-18-31/h1-5,7-9,12,14,16-18,27H,6,10-11,13,15H2,(H,29,34). The third-order valence-electron chi connectivity index (χ3n) is 5.96. The summed E-state index contributed by atoms with van der Waals surface area (Å²) in [6.45, 7) is 1.54. The summed E-state index contributed by atoms with van der Waals surface area (Å²) in [6.07, 6.45) is 8.33. The van der Waals surface area contributed by atoms with Crippen LogP contribution in [0.2, 0.25) is 0 Å². The van der Waals surface area contributed by atoms with Crippen LogP contribution in [0.15, 0.2) is 84.3 Å². The van der Waals surface area contributed by atoms with Crippen molar-refractivity contribution in [1.82, 2.24) is 28.8 Å². The van der Waals surface area contributed by atoms with Crippen molar-refractivity contribution in [1.29, 1.82) is 5.41 Å². The predicted octanol–water partition coefficient (Wildman–Crippen LogP) is 2.39. The quantitative estimate of drug-likeness (QED) is 0.342. The molecule has 1 amide bonds. The molecule has 35 heavy (non-hydrogen) atoms. The van der Waals surface area contributed by atoms with Gasteiger partial charge in [0.05, 0.1) is 17.3 Å². The molecule has 0 atom stereocenters. The number of imidazole rings is 1. The van der Waals surface area contributed by atoms with Crippen molar-refractivity contribution in [3.8, 4) is 0 Å². The van der Waals surface area contributed by atoms with Crippen LogP contribution in [0.4, 0.5) is 0 Å². The van der Waals surface area contributed by atoms with Crippen LogP contribution in [0.3, 0.4) is 0 Å². The Morgan fingerprint density at radius 2 is 1.86 bits per heavy atom. The Kier molecular flexibility index (Phi) is 6.21. The molecule has 4 aromatic heterocycles. The summed E-state index contributed by atoms with van der Waals surface area (Å²) < 4.78 is 5.07. The van der Waals surface area contributed by atoms with E-state index in [1.165, 1.54) is 10.5 Å². The molecule has 0 aliphatic heterocycles. The molecule has 0 saturated heterocycles. The van der Waals surface area contributed by atoms with Crippen molar-refractivity contribution in [2.75, 3.05) is 6.54 Å². The second-order valence-electron chi connectivity index (χ2n) is 8.29. The van der Waals surface area contributed by atoms with Gasteiger partial charge in [0.25, 0.3) is 11.5 Å². The molecular weight excluding hydrogens is 442 g/mol. The zero-order valence-electron chi connectivity index (χ0n) is 19.1. The minimum atomic E-state index is -0.381. The van der Waals surface area contributed by atoms with E-state index in [-0.39, 0.29) is 22.5 Å². The number of rotatable bonds is 8. The van der Waals surface area contributed by atoms with Gasteiger partial charge in [0.1, 0.15) is 16.8 Å². The van der Waals surface area contributed by atoms with Crippen LogP contribution < -0.4 is 16.4 Å². The van der Waals surface area contributed by atoms with Gasteiger partial charge in [0, 0.05) is 38.2 Å². The number of carbonyl (C=O) groups is 1. The molecule has 0 aliphatic carbocycles. The summed E-state index contributed by atoms with van der Waals surface area (Å²) in [4.78, 5) is 35.1. The highest BCUT2D eigenvalue weighted by atomic mass is 16.1. The maximum absolute atomic E-state index is 13.3. The Morgan fingerprint density at radius 3 is 2.66 bits per heavy atom. The number of aromatic nitrogens is 5. The van der Waals surface area contributed by atoms with E-state index in [0.29, 0.717) is 49.2 Å². The second kappa shape index (κ2) is 9.76. The number of fused-ring (bicyclic) bond motifs is 2. The number of nitrogens with zero attached hydrogens (tertiary/aromatic N) is 5. The lowest BCUT2D eigenvalue weighted by Gasteiger charge is -2.15. The highest BCUT2D eigenvalue weighted by molar-refractivity contribution is 5.96. The van der Waals surface area contributed by atoms with Gasteiger partial charge in [-0.2, -0.15) is 0 Å². The Bertz CT molecular complexity index is 1600. The first-order valence-corrected chi connectivity index (χ1v) is 11.5. The smallest absolute Gasteiger partial charge is 0.267 e. The minimum absolute atomic E-state index is 0.0347. The summed E-state index contributed by atoms with van der Waals surface area (Å²) in [6, 6.07) is 16.7. The highest BCUT2D eigenvalue weighted by Gasteiger charge is 2.17. The van der Waals surface area contributed by atoms with Crippen LogP contribution in [-0.4, -0.2) is 36.0 Å². The fraction of sp³-hybridized carbons (Fsp3) is 0.192. The Labute approximate surface area is 200 Å². The van der Waals surface area contributed by atoms with Crippen molar-refractivity contribution in [3.63, 3.8) is 0 Å². The zero-order chi connectivity index (χ0) is 24.2. The first-order chi connectivity index (χ1) is 17.1. The molecule has 0 spiro atoms. The van der Waals surface area contributed by atoms with Gasteiger partial charge in [-0.15, -0.1) is 0 Å². The predicted molar refractivity (Wildman–Crippen MR) is 132 cm³/mol. The number of amides is 1. The third-order valence-corrected chi connectivity index (χ3v) is 5.96. The van der Waals surface area contributed by atoms with E-state index in [1.54, 1.807) is 35.4 Å². The van der Waals surface area contributed by atoms with Crippen molar-refractivity contribution < 1.29 is 4.79 Å². The molecule has 5 rings (SSSR count). The van der Waals surface area contributed by atoms with Gasteiger partial charge in [0.15, 0.2) is 0 Å².